The van der Waals surface area contributed by atoms with Crippen molar-refractivity contribution in [3.8, 4) is 0 Å². The number of carbonyl (C=O) groups excluding carboxylic acids is 2. The highest BCUT2D eigenvalue weighted by Crippen LogP contribution is 2.44. The second-order valence-electron chi connectivity index (χ2n) is 11.9. The molecule has 0 spiro atoms. The van der Waals surface area contributed by atoms with Gasteiger partial charge in [0.2, 0.25) is 11.8 Å². The van der Waals surface area contributed by atoms with Crippen LogP contribution in [0.3, 0.4) is 0 Å². The molecule has 0 aromatic heterocycles. The number of thioether (sulfide) groups is 2. The lowest BCUT2D eigenvalue weighted by molar-refractivity contribution is -0.150. The quantitative estimate of drug-likeness (QED) is 0.210. The lowest BCUT2D eigenvalue weighted by Crippen LogP contribution is -2.45. The van der Waals surface area contributed by atoms with Gasteiger partial charge in [0, 0.05) is 74.4 Å². The van der Waals surface area contributed by atoms with Gasteiger partial charge in [-0.3, -0.25) is 9.59 Å². The third kappa shape index (κ3) is 8.23. The van der Waals surface area contributed by atoms with Crippen molar-refractivity contribution in [1.29, 1.82) is 0 Å². The number of hydrogen-bond donors (Lipinski definition) is 2. The highest BCUT2D eigenvalue weighted by molar-refractivity contribution is 8.76. The fraction of sp³-hybridized carbons (Fsp3) is 0.500. The molecule has 0 bridgehead atoms. The molecule has 0 aliphatic carbocycles. The molecule has 14 heteroatoms. The Morgan fingerprint density at radius 3 is 1.30 bits per heavy atom. The summed E-state index contributed by atoms with van der Waals surface area (Å²) < 4.78 is 0. The monoisotopic (exact) mass is 706 g/mol. The first-order valence-corrected chi connectivity index (χ1v) is 19.5. The predicted octanol–water partition coefficient (Wildman–Crippen LogP) is 5.23. The highest BCUT2D eigenvalue weighted by atomic mass is 33.1. The van der Waals surface area contributed by atoms with Crippen LogP contribution in [-0.2, 0) is 19.2 Å². The molecule has 250 valence electrons. The maximum atomic E-state index is 13.7. The van der Waals surface area contributed by atoms with Crippen molar-refractivity contribution >= 4 is 80.2 Å². The molecular weight excluding hydrogens is 665 g/mol. The molecule has 2 aromatic carbocycles. The smallest absolute Gasteiger partial charge is 0.327 e. The topological polar surface area (TPSA) is 122 Å². The minimum absolute atomic E-state index is 0.210. The SMILES string of the molecule is C[C@H](CSSC[C@@H](C)C(=O)N1C(c2ccc(N(C)C)cc2)SC[C@H]1C(=O)O)C(=O)N1C(c2ccc(N(C)C)cc2)SC[C@H]1C(=O)O. The lowest BCUT2D eigenvalue weighted by atomic mass is 10.1. The molecule has 10 nitrogen and oxygen atoms in total. The maximum Gasteiger partial charge on any atom is 0.327 e. The Bertz CT molecular complexity index is 1290. The van der Waals surface area contributed by atoms with Gasteiger partial charge in [-0.15, -0.1) is 23.5 Å². The van der Waals surface area contributed by atoms with Gasteiger partial charge in [-0.2, -0.15) is 0 Å². The Morgan fingerprint density at radius 1 is 0.696 bits per heavy atom. The number of rotatable bonds is 13. The van der Waals surface area contributed by atoms with Gasteiger partial charge in [0.15, 0.2) is 0 Å². The van der Waals surface area contributed by atoms with Crippen molar-refractivity contribution in [3.63, 3.8) is 0 Å². The van der Waals surface area contributed by atoms with Gasteiger partial charge in [0.05, 0.1) is 0 Å². The summed E-state index contributed by atoms with van der Waals surface area (Å²) in [4.78, 5) is 58.5. The van der Waals surface area contributed by atoms with E-state index in [1.54, 1.807) is 0 Å². The average Bonchev–Trinajstić information content (AvgIpc) is 3.68. The molecule has 2 aromatic rings. The van der Waals surface area contributed by atoms with E-state index in [-0.39, 0.29) is 22.6 Å². The van der Waals surface area contributed by atoms with E-state index >= 15 is 0 Å². The summed E-state index contributed by atoms with van der Waals surface area (Å²) in [6.07, 6.45) is 0. The van der Waals surface area contributed by atoms with Crippen molar-refractivity contribution in [2.45, 2.75) is 36.7 Å². The highest BCUT2D eigenvalue weighted by Gasteiger charge is 2.45. The number of carbonyl (C=O) groups is 4. The van der Waals surface area contributed by atoms with Gasteiger partial charge in [-0.1, -0.05) is 59.7 Å². The number of nitrogens with zero attached hydrogens (tertiary/aromatic N) is 4. The van der Waals surface area contributed by atoms with E-state index in [4.69, 9.17) is 0 Å². The van der Waals surface area contributed by atoms with Gasteiger partial charge >= 0.3 is 11.9 Å². The molecule has 2 aliphatic heterocycles. The molecule has 2 aliphatic rings. The normalized spacial score (nSPS) is 22.4. The first kappa shape index (κ1) is 36.2. The molecular formula is C32H42N4O6S4. The number of carboxylic acid groups (broad SMARTS) is 2. The Hall–Kier alpha value is -2.68. The second-order valence-corrected chi connectivity index (χ2v) is 16.7. The van der Waals surface area contributed by atoms with Crippen LogP contribution in [0.4, 0.5) is 11.4 Å². The summed E-state index contributed by atoms with van der Waals surface area (Å²) in [6.45, 7) is 3.62. The molecule has 6 atom stereocenters. The zero-order valence-corrected chi connectivity index (χ0v) is 30.1. The van der Waals surface area contributed by atoms with Gasteiger partial charge in [0.25, 0.3) is 0 Å². The Kier molecular flexibility index (Phi) is 12.5. The van der Waals surface area contributed by atoms with Gasteiger partial charge < -0.3 is 29.8 Å². The van der Waals surface area contributed by atoms with E-state index in [0.717, 1.165) is 22.5 Å². The maximum absolute atomic E-state index is 13.7. The summed E-state index contributed by atoms with van der Waals surface area (Å²) in [5.74, 6) is -1.78. The van der Waals surface area contributed by atoms with Crippen molar-refractivity contribution < 1.29 is 29.4 Å². The molecule has 2 fully saturated rings. The lowest BCUT2D eigenvalue weighted by Gasteiger charge is -2.31. The van der Waals surface area contributed by atoms with Crippen LogP contribution in [0.2, 0.25) is 0 Å². The third-order valence-electron chi connectivity index (χ3n) is 8.03. The van der Waals surface area contributed by atoms with E-state index in [9.17, 15) is 29.4 Å². The fourth-order valence-corrected chi connectivity index (χ4v) is 10.8. The number of aliphatic carboxylic acids is 2. The fourth-order valence-electron chi connectivity index (χ4n) is 5.27. The zero-order valence-electron chi connectivity index (χ0n) is 26.9. The average molecular weight is 707 g/mol. The Labute approximate surface area is 287 Å². The Balaban J connectivity index is 1.35. The summed E-state index contributed by atoms with van der Waals surface area (Å²) in [5, 5.41) is 19.0. The third-order valence-corrected chi connectivity index (χ3v) is 13.4. The van der Waals surface area contributed by atoms with Crippen LogP contribution in [0.5, 0.6) is 0 Å². The number of hydrogen-bond acceptors (Lipinski definition) is 10. The molecule has 2 N–H and O–H groups in total. The molecule has 4 rings (SSSR count). The number of anilines is 2. The van der Waals surface area contributed by atoms with Crippen LogP contribution in [0.1, 0.15) is 35.7 Å². The van der Waals surface area contributed by atoms with Crippen LogP contribution in [0.15, 0.2) is 48.5 Å². The van der Waals surface area contributed by atoms with E-state index in [1.165, 1.54) is 54.9 Å². The minimum Gasteiger partial charge on any atom is -0.480 e. The molecule has 2 amide bonds. The largest absolute Gasteiger partial charge is 0.480 e. The molecule has 2 heterocycles. The van der Waals surface area contributed by atoms with E-state index in [0.29, 0.717) is 23.0 Å². The number of carboxylic acids is 2. The van der Waals surface area contributed by atoms with Gasteiger partial charge in [0.1, 0.15) is 22.8 Å². The molecule has 0 radical (unpaired) electrons. The molecule has 2 saturated heterocycles. The predicted molar refractivity (Wildman–Crippen MR) is 192 cm³/mol. The summed E-state index contributed by atoms with van der Waals surface area (Å²) in [7, 11) is 10.7. The molecule has 2 unspecified atom stereocenters. The van der Waals surface area contributed by atoms with Crippen LogP contribution in [0, 0.1) is 11.8 Å². The number of amides is 2. The zero-order chi connectivity index (χ0) is 33.7. The van der Waals surface area contributed by atoms with Crippen molar-refractivity contribution in [2.75, 3.05) is 61.0 Å². The van der Waals surface area contributed by atoms with E-state index < -0.39 is 35.9 Å². The summed E-state index contributed by atoms with van der Waals surface area (Å²) in [5.41, 5.74) is 3.82. The minimum atomic E-state index is -1.01. The van der Waals surface area contributed by atoms with Crippen LogP contribution in [0.25, 0.3) is 0 Å². The van der Waals surface area contributed by atoms with Crippen molar-refractivity contribution in [1.82, 2.24) is 9.80 Å². The van der Waals surface area contributed by atoms with Crippen molar-refractivity contribution in [2.24, 2.45) is 11.8 Å². The number of benzene rings is 2. The van der Waals surface area contributed by atoms with Crippen molar-refractivity contribution in [3.05, 3.63) is 59.7 Å². The summed E-state index contributed by atoms with van der Waals surface area (Å²) >= 11 is 2.92. The standard InChI is InChI=1S/C32H42N4O6S4/c1-19(27(37)35-25(31(39)40)17-43-29(35)21-7-11-23(12-8-21)33(3)4)15-45-46-16-20(2)28(38)36-26(32(41)42)18-44-30(36)22-9-13-24(14-10-22)34(5)6/h7-14,19-20,25-26,29-30H,15-18H2,1-6H3,(H,39,40)(H,41,42)/t19-,20-,25+,26+,29?,30?/m1/s1. The van der Waals surface area contributed by atoms with Gasteiger partial charge in [-0.05, 0) is 35.4 Å². The van der Waals surface area contributed by atoms with E-state index in [1.807, 2.05) is 100 Å². The van der Waals surface area contributed by atoms with Gasteiger partial charge in [-0.25, -0.2) is 9.59 Å². The summed E-state index contributed by atoms with van der Waals surface area (Å²) in [6, 6.07) is 13.8. The van der Waals surface area contributed by atoms with Crippen LogP contribution in [-0.4, -0.2) is 107 Å². The Morgan fingerprint density at radius 2 is 1.02 bits per heavy atom. The first-order chi connectivity index (χ1) is 21.8. The van der Waals surface area contributed by atoms with Crippen LogP contribution < -0.4 is 9.80 Å². The van der Waals surface area contributed by atoms with Crippen LogP contribution >= 0.6 is 45.1 Å². The first-order valence-electron chi connectivity index (χ1n) is 14.9. The molecule has 0 saturated carbocycles. The second kappa shape index (κ2) is 15.9. The molecule has 46 heavy (non-hydrogen) atoms. The van der Waals surface area contributed by atoms with E-state index in [2.05, 4.69) is 0 Å².